The number of amides is 2. The molecule has 0 saturated carbocycles. The smallest absolute Gasteiger partial charge is 0.230 e. The zero-order valence-corrected chi connectivity index (χ0v) is 15.0. The number of piperidine rings is 1. The van der Waals surface area contributed by atoms with E-state index >= 15 is 0 Å². The van der Waals surface area contributed by atoms with Crippen LogP contribution in [0.3, 0.4) is 0 Å². The van der Waals surface area contributed by atoms with Crippen LogP contribution in [0.1, 0.15) is 49.6 Å². The first-order valence-electron chi connectivity index (χ1n) is 9.04. The van der Waals surface area contributed by atoms with E-state index in [9.17, 15) is 9.59 Å². The minimum Gasteiger partial charge on any atom is -0.342 e. The zero-order chi connectivity index (χ0) is 17.3. The summed E-state index contributed by atoms with van der Waals surface area (Å²) in [5, 5.41) is 7.24. The Balaban J connectivity index is 1.59. The van der Waals surface area contributed by atoms with Gasteiger partial charge in [0, 0.05) is 44.7 Å². The lowest BCUT2D eigenvalue weighted by Gasteiger charge is -2.38. The van der Waals surface area contributed by atoms with Gasteiger partial charge in [0.15, 0.2) is 0 Å². The molecule has 2 aliphatic rings. The van der Waals surface area contributed by atoms with Crippen LogP contribution in [0.15, 0.2) is 0 Å². The molecular formula is C18H28N4O2. The third-order valence-electron chi connectivity index (χ3n) is 5.84. The summed E-state index contributed by atoms with van der Waals surface area (Å²) in [6.45, 7) is 8.99. The first-order valence-corrected chi connectivity index (χ1v) is 9.04. The molecule has 1 atom stereocenters. The van der Waals surface area contributed by atoms with Crippen LogP contribution in [-0.4, -0.2) is 58.0 Å². The predicted molar refractivity (Wildman–Crippen MR) is 91.5 cm³/mol. The van der Waals surface area contributed by atoms with E-state index in [-0.39, 0.29) is 17.2 Å². The van der Waals surface area contributed by atoms with Gasteiger partial charge >= 0.3 is 0 Å². The minimum absolute atomic E-state index is 0.147. The van der Waals surface area contributed by atoms with Crippen LogP contribution in [0.4, 0.5) is 0 Å². The highest BCUT2D eigenvalue weighted by atomic mass is 16.2. The van der Waals surface area contributed by atoms with Gasteiger partial charge in [-0.1, -0.05) is 0 Å². The molecule has 0 radical (unpaired) electrons. The van der Waals surface area contributed by atoms with Gasteiger partial charge in [-0.25, -0.2) is 0 Å². The number of hydrogen-bond acceptors (Lipinski definition) is 3. The van der Waals surface area contributed by atoms with E-state index < -0.39 is 0 Å². The molecule has 0 bridgehead atoms. The van der Waals surface area contributed by atoms with E-state index in [1.54, 1.807) is 0 Å². The Morgan fingerprint density at radius 1 is 1.29 bits per heavy atom. The third kappa shape index (κ3) is 2.94. The van der Waals surface area contributed by atoms with Gasteiger partial charge in [-0.05, 0) is 45.6 Å². The van der Waals surface area contributed by atoms with Crippen molar-refractivity contribution in [2.24, 2.45) is 5.41 Å². The summed E-state index contributed by atoms with van der Waals surface area (Å²) in [4.78, 5) is 29.2. The number of hydrogen-bond donors (Lipinski definition) is 1. The van der Waals surface area contributed by atoms with Crippen molar-refractivity contribution in [3.8, 4) is 0 Å². The first kappa shape index (κ1) is 17.0. The van der Waals surface area contributed by atoms with Gasteiger partial charge in [-0.15, -0.1) is 0 Å². The molecule has 2 fully saturated rings. The Bertz CT molecular complexity index is 639. The molecule has 3 heterocycles. The zero-order valence-electron chi connectivity index (χ0n) is 15.0. The number of carbonyl (C=O) groups excluding carboxylic acids is 2. The Morgan fingerprint density at radius 2 is 2.08 bits per heavy atom. The van der Waals surface area contributed by atoms with Crippen molar-refractivity contribution in [3.05, 3.63) is 17.0 Å². The molecule has 1 spiro atoms. The SMILES string of the molecule is CCN1CCC[C@]2(CCN(C(=O)CCc3n[nH]c(C)c3C)C2)C1=O. The van der Waals surface area contributed by atoms with Gasteiger partial charge in [0.05, 0.1) is 11.1 Å². The number of nitrogens with zero attached hydrogens (tertiary/aromatic N) is 3. The van der Waals surface area contributed by atoms with E-state index in [4.69, 9.17) is 0 Å². The number of H-pyrrole nitrogens is 1. The van der Waals surface area contributed by atoms with Crippen molar-refractivity contribution < 1.29 is 9.59 Å². The van der Waals surface area contributed by atoms with Crippen molar-refractivity contribution in [3.63, 3.8) is 0 Å². The van der Waals surface area contributed by atoms with Crippen molar-refractivity contribution in [2.75, 3.05) is 26.2 Å². The van der Waals surface area contributed by atoms with E-state index in [0.717, 1.165) is 49.3 Å². The summed E-state index contributed by atoms with van der Waals surface area (Å²) in [5.41, 5.74) is 2.86. The topological polar surface area (TPSA) is 69.3 Å². The highest BCUT2D eigenvalue weighted by Gasteiger charge is 2.48. The number of rotatable bonds is 4. The average Bonchev–Trinajstić information content (AvgIpc) is 3.14. The fourth-order valence-corrected chi connectivity index (χ4v) is 4.08. The average molecular weight is 332 g/mol. The number of carbonyl (C=O) groups is 2. The van der Waals surface area contributed by atoms with Crippen LogP contribution >= 0.6 is 0 Å². The lowest BCUT2D eigenvalue weighted by Crippen LogP contribution is -2.50. The molecule has 6 heteroatoms. The molecule has 2 aliphatic heterocycles. The van der Waals surface area contributed by atoms with Crippen LogP contribution in [0.25, 0.3) is 0 Å². The van der Waals surface area contributed by atoms with E-state index in [0.29, 0.717) is 25.9 Å². The number of likely N-dealkylation sites (tertiary alicyclic amines) is 2. The molecule has 6 nitrogen and oxygen atoms in total. The Kier molecular flexibility index (Phi) is 4.65. The summed E-state index contributed by atoms with van der Waals surface area (Å²) >= 11 is 0. The molecule has 24 heavy (non-hydrogen) atoms. The standard InChI is InChI=1S/C18H28N4O2/c1-4-21-10-5-8-18(17(21)24)9-11-22(12-18)16(23)7-6-15-13(2)14(3)19-20-15/h4-12H2,1-3H3,(H,19,20)/t18-/m1/s1. The van der Waals surface area contributed by atoms with Crippen LogP contribution in [0.2, 0.25) is 0 Å². The number of aryl methyl sites for hydroxylation is 2. The highest BCUT2D eigenvalue weighted by Crippen LogP contribution is 2.40. The lowest BCUT2D eigenvalue weighted by molar-refractivity contribution is -0.145. The fourth-order valence-electron chi connectivity index (χ4n) is 4.08. The van der Waals surface area contributed by atoms with Crippen LogP contribution in [-0.2, 0) is 16.0 Å². The quantitative estimate of drug-likeness (QED) is 0.914. The third-order valence-corrected chi connectivity index (χ3v) is 5.84. The van der Waals surface area contributed by atoms with Crippen LogP contribution < -0.4 is 0 Å². The maximum Gasteiger partial charge on any atom is 0.230 e. The first-order chi connectivity index (χ1) is 11.5. The second kappa shape index (κ2) is 6.57. The Hall–Kier alpha value is -1.85. The van der Waals surface area contributed by atoms with Gasteiger partial charge in [0.1, 0.15) is 0 Å². The predicted octanol–water partition coefficient (Wildman–Crippen LogP) is 1.82. The van der Waals surface area contributed by atoms with Gasteiger partial charge < -0.3 is 9.80 Å². The summed E-state index contributed by atoms with van der Waals surface area (Å²) in [5.74, 6) is 0.402. The summed E-state index contributed by atoms with van der Waals surface area (Å²) in [6, 6.07) is 0. The minimum atomic E-state index is -0.317. The molecule has 1 aromatic rings. The molecule has 132 valence electrons. The largest absolute Gasteiger partial charge is 0.342 e. The van der Waals surface area contributed by atoms with Crippen molar-refractivity contribution in [1.29, 1.82) is 0 Å². The van der Waals surface area contributed by atoms with Gasteiger partial charge in [-0.3, -0.25) is 14.7 Å². The normalized spacial score (nSPS) is 24.2. The molecular weight excluding hydrogens is 304 g/mol. The molecule has 3 rings (SSSR count). The molecule has 0 aliphatic carbocycles. The van der Waals surface area contributed by atoms with Crippen molar-refractivity contribution >= 4 is 11.8 Å². The van der Waals surface area contributed by atoms with E-state index in [1.165, 1.54) is 0 Å². The Labute approximate surface area is 143 Å². The molecule has 1 aromatic heterocycles. The Morgan fingerprint density at radius 3 is 2.75 bits per heavy atom. The maximum absolute atomic E-state index is 12.7. The van der Waals surface area contributed by atoms with Crippen LogP contribution in [0, 0.1) is 19.3 Å². The van der Waals surface area contributed by atoms with E-state index in [1.807, 2.05) is 30.6 Å². The summed E-state index contributed by atoms with van der Waals surface area (Å²) < 4.78 is 0. The fraction of sp³-hybridized carbons (Fsp3) is 0.722. The summed E-state index contributed by atoms with van der Waals surface area (Å²) in [7, 11) is 0. The van der Waals surface area contributed by atoms with Gasteiger partial charge in [0.25, 0.3) is 0 Å². The molecule has 2 saturated heterocycles. The van der Waals surface area contributed by atoms with Gasteiger partial charge in [0.2, 0.25) is 11.8 Å². The second-order valence-electron chi connectivity index (χ2n) is 7.25. The van der Waals surface area contributed by atoms with Crippen molar-refractivity contribution in [1.82, 2.24) is 20.0 Å². The number of aromatic nitrogens is 2. The van der Waals surface area contributed by atoms with E-state index in [2.05, 4.69) is 10.2 Å². The molecule has 0 unspecified atom stereocenters. The lowest BCUT2D eigenvalue weighted by atomic mass is 9.78. The summed E-state index contributed by atoms with van der Waals surface area (Å²) in [6.07, 6.45) is 3.91. The highest BCUT2D eigenvalue weighted by molar-refractivity contribution is 5.86. The molecule has 1 N–H and O–H groups in total. The number of aromatic amines is 1. The van der Waals surface area contributed by atoms with Gasteiger partial charge in [-0.2, -0.15) is 5.10 Å². The van der Waals surface area contributed by atoms with Crippen molar-refractivity contribution in [2.45, 2.75) is 52.9 Å². The number of nitrogens with one attached hydrogen (secondary N) is 1. The molecule has 0 aromatic carbocycles. The maximum atomic E-state index is 12.7. The molecule has 2 amide bonds. The monoisotopic (exact) mass is 332 g/mol. The van der Waals surface area contributed by atoms with Crippen LogP contribution in [0.5, 0.6) is 0 Å². The second-order valence-corrected chi connectivity index (χ2v) is 7.25.